The van der Waals surface area contributed by atoms with Gasteiger partial charge in [0.25, 0.3) is 15.9 Å². The second-order valence-corrected chi connectivity index (χ2v) is 21.5. The van der Waals surface area contributed by atoms with Crippen molar-refractivity contribution in [1.29, 1.82) is 0 Å². The highest BCUT2D eigenvalue weighted by Crippen LogP contribution is 2.38. The van der Waals surface area contributed by atoms with E-state index in [4.69, 9.17) is 14.6 Å². The molecule has 0 aliphatic carbocycles. The number of halogens is 1. The molecule has 83 heavy (non-hydrogen) atoms. The first kappa shape index (κ1) is 65.2. The predicted molar refractivity (Wildman–Crippen MR) is 290 cm³/mol. The quantitative estimate of drug-likeness (QED) is 0.0149. The molecule has 3 heterocycles. The summed E-state index contributed by atoms with van der Waals surface area (Å²) in [7, 11) is -4.07. The lowest BCUT2D eigenvalue weighted by Gasteiger charge is -2.31. The minimum Gasteiger partial charge on any atom is -0.508 e. The Bertz CT molecular complexity index is 3070. The average molecular weight is 1200 g/mol. The third kappa shape index (κ3) is 22.4. The van der Waals surface area contributed by atoms with Crippen molar-refractivity contribution in [3.8, 4) is 11.5 Å². The van der Waals surface area contributed by atoms with E-state index in [2.05, 4.69) is 57.4 Å². The van der Waals surface area contributed by atoms with Crippen molar-refractivity contribution < 1.29 is 81.1 Å². The molecular formula is C51H64FN13O16S2. The standard InChI is InChI=1S/C51H64FN13O16S2/c1-51(32-9-13-35(66)14-10-32,33-11-15-36(67)16-12-33)19-18-42(69)58-38(47(74)75)27-44(71)59-39(48(76)77)28-43(70)57-37(46(73)55-21-24-81-26-25-80-23-20-54-45(72)31-8-17-40(52)56-29-31)6-2-3-22-65-30-34(61-64-65)5-4-7-41(68)60-49-62-63-50(82-49)83(53,78)79/h8-17,29-30,37-39,66-67H,2-7,18-28H2,1H3,(H,54,72)(H,55,73)(H,57,70)(H,58,69)(H,59,71)(H,74,75)(H,76,77)(H2,53,78,79)(H,60,62,68)/t37-,38-,39-/m0/s1. The Kier molecular flexibility index (Phi) is 25.3. The summed E-state index contributed by atoms with van der Waals surface area (Å²) >= 11 is 0.607. The number of nitrogens with one attached hydrogen (secondary N) is 6. The number of sulfonamides is 1. The van der Waals surface area contributed by atoms with Crippen LogP contribution in [0.4, 0.5) is 9.52 Å². The summed E-state index contributed by atoms with van der Waals surface area (Å²) in [4.78, 5) is 106. The van der Waals surface area contributed by atoms with Crippen LogP contribution in [0.5, 0.6) is 11.5 Å². The zero-order valence-electron chi connectivity index (χ0n) is 44.8. The lowest BCUT2D eigenvalue weighted by atomic mass is 9.73. The van der Waals surface area contributed by atoms with E-state index in [0.29, 0.717) is 60.4 Å². The Balaban J connectivity index is 1.11. The first-order chi connectivity index (χ1) is 39.5. The third-order valence-electron chi connectivity index (χ3n) is 12.4. The Labute approximate surface area is 478 Å². The fourth-order valence-corrected chi connectivity index (χ4v) is 9.35. The zero-order chi connectivity index (χ0) is 60.5. The average Bonchev–Trinajstić information content (AvgIpc) is 4.13. The number of hydrogen-bond acceptors (Lipinski definition) is 20. The molecule has 12 N–H and O–H groups in total. The highest BCUT2D eigenvalue weighted by molar-refractivity contribution is 7.91. The van der Waals surface area contributed by atoms with E-state index in [1.54, 1.807) is 30.5 Å². The fourth-order valence-electron chi connectivity index (χ4n) is 8.00. The van der Waals surface area contributed by atoms with E-state index in [0.717, 1.165) is 12.3 Å². The summed E-state index contributed by atoms with van der Waals surface area (Å²) in [5.41, 5.74) is 1.25. The zero-order valence-corrected chi connectivity index (χ0v) is 46.5. The first-order valence-electron chi connectivity index (χ1n) is 25.8. The predicted octanol–water partition coefficient (Wildman–Crippen LogP) is 0.624. The Morgan fingerprint density at radius 3 is 1.84 bits per heavy atom. The van der Waals surface area contributed by atoms with Crippen molar-refractivity contribution in [3.05, 3.63) is 101 Å². The molecule has 0 fully saturated rings. The van der Waals surface area contributed by atoms with Crippen LogP contribution in [0.15, 0.2) is 77.4 Å². The van der Waals surface area contributed by atoms with Gasteiger partial charge < -0.3 is 61.8 Å². The summed E-state index contributed by atoms with van der Waals surface area (Å²) in [6.07, 6.45) is 2.33. The van der Waals surface area contributed by atoms with Crippen molar-refractivity contribution >= 4 is 73.9 Å². The minimum atomic E-state index is -4.07. The molecule has 3 aromatic heterocycles. The number of carbonyl (C=O) groups excluding carboxylic acids is 6. The number of carboxylic acid groups (broad SMARTS) is 2. The molecule has 2 aromatic carbocycles. The summed E-state index contributed by atoms with van der Waals surface area (Å²) in [5.74, 6) is -8.40. The first-order valence-corrected chi connectivity index (χ1v) is 28.2. The number of nitrogens with two attached hydrogens (primary N) is 1. The van der Waals surface area contributed by atoms with E-state index in [-0.39, 0.29) is 87.4 Å². The molecule has 0 aliphatic rings. The van der Waals surface area contributed by atoms with Gasteiger partial charge in [0, 0.05) is 50.3 Å². The third-order valence-corrected chi connectivity index (χ3v) is 14.6. The van der Waals surface area contributed by atoms with E-state index in [9.17, 15) is 71.6 Å². The van der Waals surface area contributed by atoms with Crippen LogP contribution in [0.25, 0.3) is 0 Å². The number of aromatic nitrogens is 6. The second kappa shape index (κ2) is 32.2. The van der Waals surface area contributed by atoms with Gasteiger partial charge in [-0.2, -0.15) is 4.39 Å². The number of benzene rings is 2. The normalized spacial score (nSPS) is 12.5. The molecule has 5 aromatic rings. The van der Waals surface area contributed by atoms with Crippen molar-refractivity contribution in [2.45, 2.75) is 106 Å². The number of anilines is 1. The highest BCUT2D eigenvalue weighted by Gasteiger charge is 2.33. The van der Waals surface area contributed by atoms with Gasteiger partial charge in [-0.05, 0) is 86.1 Å². The molecule has 3 atom stereocenters. The molecule has 29 nitrogen and oxygen atoms in total. The lowest BCUT2D eigenvalue weighted by Crippen LogP contribution is -2.51. The summed E-state index contributed by atoms with van der Waals surface area (Å²) in [5, 5.41) is 74.6. The summed E-state index contributed by atoms with van der Waals surface area (Å²) in [6.45, 7) is 2.63. The lowest BCUT2D eigenvalue weighted by molar-refractivity contribution is -0.145. The van der Waals surface area contributed by atoms with E-state index in [1.807, 2.05) is 6.92 Å². The van der Waals surface area contributed by atoms with Crippen LogP contribution < -0.4 is 37.0 Å². The van der Waals surface area contributed by atoms with E-state index in [1.165, 1.54) is 35.0 Å². The molecule has 0 saturated heterocycles. The number of aromatic hydroxyl groups is 2. The number of primary sulfonamides is 1. The molecule has 32 heteroatoms. The SMILES string of the molecule is CC(CCC(=O)N[C@@H](CC(=O)N[C@@H](CC(=O)N[C@@H](CCCCn1cc(CCCC(=O)Nc2nnc(S(N)(=O)=O)s2)nn1)C(=O)NCCOCCOCCNC(=O)c1ccc(F)nc1)C(=O)O)C(=O)O)(c1ccc(O)cc1)c1ccc(O)cc1. The number of carboxylic acids is 2. The molecule has 6 amide bonds. The Hall–Kier alpha value is -8.59. The van der Waals surface area contributed by atoms with Crippen molar-refractivity contribution in [2.75, 3.05) is 44.8 Å². The number of phenols is 2. The maximum Gasteiger partial charge on any atom is 0.326 e. The van der Waals surface area contributed by atoms with E-state index >= 15 is 0 Å². The number of aliphatic carboxylic acids is 2. The van der Waals surface area contributed by atoms with Crippen LogP contribution >= 0.6 is 11.3 Å². The van der Waals surface area contributed by atoms with Gasteiger partial charge in [-0.15, -0.1) is 15.3 Å². The van der Waals surface area contributed by atoms with Crippen molar-refractivity contribution in [2.24, 2.45) is 5.14 Å². The molecule has 0 spiro atoms. The van der Waals surface area contributed by atoms with Gasteiger partial charge in [-0.3, -0.25) is 33.4 Å². The van der Waals surface area contributed by atoms with Gasteiger partial charge in [0.15, 0.2) is 0 Å². The largest absolute Gasteiger partial charge is 0.508 e. The maximum absolute atomic E-state index is 13.5. The highest BCUT2D eigenvalue weighted by atomic mass is 32.2. The second-order valence-electron chi connectivity index (χ2n) is 18.8. The number of phenolic OH excluding ortho intramolecular Hbond substituents is 2. The van der Waals surface area contributed by atoms with Gasteiger partial charge in [0.2, 0.25) is 45.0 Å². The molecule has 0 bridgehead atoms. The summed E-state index contributed by atoms with van der Waals surface area (Å²) in [6, 6.07) is 9.91. The maximum atomic E-state index is 13.5. The van der Waals surface area contributed by atoms with Gasteiger partial charge in [-0.25, -0.2) is 28.1 Å². The molecule has 448 valence electrons. The van der Waals surface area contributed by atoms with Crippen LogP contribution in [0.1, 0.15) is 91.9 Å². The monoisotopic (exact) mass is 1200 g/mol. The molecule has 0 aliphatic heterocycles. The molecule has 5 rings (SSSR count). The number of unbranched alkanes of at least 4 members (excludes halogenated alkanes) is 1. The van der Waals surface area contributed by atoms with Crippen LogP contribution in [0.2, 0.25) is 0 Å². The minimum absolute atomic E-state index is 0.00337. The Morgan fingerprint density at radius 1 is 0.711 bits per heavy atom. The van der Waals surface area contributed by atoms with Crippen molar-refractivity contribution in [3.63, 3.8) is 0 Å². The number of aryl methyl sites for hydroxylation is 2. The number of ether oxygens (including phenoxy) is 2. The van der Waals surface area contributed by atoms with Gasteiger partial charge in [0.05, 0.1) is 50.5 Å². The van der Waals surface area contributed by atoms with Crippen LogP contribution in [-0.4, -0.2) is 164 Å². The number of carbonyl (C=O) groups is 8. The number of rotatable bonds is 36. The smallest absolute Gasteiger partial charge is 0.326 e. The number of amides is 6. The van der Waals surface area contributed by atoms with Gasteiger partial charge in [0.1, 0.15) is 29.6 Å². The van der Waals surface area contributed by atoms with Gasteiger partial charge in [-0.1, -0.05) is 47.7 Å². The molecule has 0 unspecified atom stereocenters. The van der Waals surface area contributed by atoms with Crippen LogP contribution in [0, 0.1) is 5.95 Å². The van der Waals surface area contributed by atoms with Crippen molar-refractivity contribution in [1.82, 2.24) is 56.8 Å². The van der Waals surface area contributed by atoms with Crippen LogP contribution in [0.3, 0.4) is 0 Å². The van der Waals surface area contributed by atoms with E-state index < -0.39 is 104 Å². The van der Waals surface area contributed by atoms with Gasteiger partial charge >= 0.3 is 11.9 Å². The molecular weight excluding hydrogens is 1130 g/mol. The molecule has 0 saturated carbocycles. The Morgan fingerprint density at radius 2 is 1.29 bits per heavy atom. The topological polar surface area (TPSA) is 438 Å². The van der Waals surface area contributed by atoms with Crippen LogP contribution in [-0.2, 0) is 71.4 Å². The number of nitrogens with zero attached hydrogens (tertiary/aromatic N) is 6. The fraction of sp³-hybridized carbons (Fsp3) is 0.431. The number of pyridine rings is 1. The number of hydrogen-bond donors (Lipinski definition) is 11. The summed E-state index contributed by atoms with van der Waals surface area (Å²) < 4.78 is 48.0. The molecule has 0 radical (unpaired) electrons.